The van der Waals surface area contributed by atoms with E-state index < -0.39 is 0 Å². The first-order chi connectivity index (χ1) is 7.09. The molecule has 1 rings (SSSR count). The zero-order valence-corrected chi connectivity index (χ0v) is 10.2. The summed E-state index contributed by atoms with van der Waals surface area (Å²) in [5, 5.41) is 8.89. The predicted octanol–water partition coefficient (Wildman–Crippen LogP) is 1.21. The fourth-order valence-corrected chi connectivity index (χ4v) is 2.03. The van der Waals surface area contributed by atoms with Gasteiger partial charge in [-0.1, -0.05) is 20.3 Å². The van der Waals surface area contributed by atoms with E-state index in [2.05, 4.69) is 18.7 Å². The van der Waals surface area contributed by atoms with Crippen LogP contribution in [0.2, 0.25) is 0 Å². The van der Waals surface area contributed by atoms with Crippen LogP contribution in [0.4, 0.5) is 0 Å². The van der Waals surface area contributed by atoms with Gasteiger partial charge in [-0.25, -0.2) is 0 Å². The third-order valence-corrected chi connectivity index (χ3v) is 3.38. The van der Waals surface area contributed by atoms with E-state index in [9.17, 15) is 0 Å². The summed E-state index contributed by atoms with van der Waals surface area (Å²) >= 11 is 0. The number of hydrogen-bond donors (Lipinski definition) is 2. The molecule has 3 N–H and O–H groups in total. The van der Waals surface area contributed by atoms with Crippen molar-refractivity contribution in [3.05, 3.63) is 0 Å². The van der Waals surface area contributed by atoms with E-state index in [4.69, 9.17) is 10.8 Å². The van der Waals surface area contributed by atoms with Gasteiger partial charge >= 0.3 is 0 Å². The summed E-state index contributed by atoms with van der Waals surface area (Å²) in [6, 6.07) is 0.752. The van der Waals surface area contributed by atoms with Crippen molar-refractivity contribution in [3.63, 3.8) is 0 Å². The Morgan fingerprint density at radius 3 is 2.47 bits per heavy atom. The second kappa shape index (κ2) is 5.83. The van der Waals surface area contributed by atoms with Crippen molar-refractivity contribution in [1.29, 1.82) is 0 Å². The molecule has 0 aromatic rings. The van der Waals surface area contributed by atoms with Gasteiger partial charge in [0.15, 0.2) is 0 Å². The minimum Gasteiger partial charge on any atom is -0.396 e. The average Bonchev–Trinajstić information content (AvgIpc) is 2.11. The van der Waals surface area contributed by atoms with E-state index in [1.807, 2.05) is 0 Å². The van der Waals surface area contributed by atoms with Crippen LogP contribution < -0.4 is 5.73 Å². The van der Waals surface area contributed by atoms with Gasteiger partial charge in [-0.2, -0.15) is 0 Å². The SMILES string of the molecule is CC(C)(CN)CN(CCCO)C1CCC1. The van der Waals surface area contributed by atoms with Crippen LogP contribution in [0.15, 0.2) is 0 Å². The highest BCUT2D eigenvalue weighted by atomic mass is 16.3. The minimum atomic E-state index is 0.199. The van der Waals surface area contributed by atoms with E-state index in [-0.39, 0.29) is 5.41 Å². The summed E-state index contributed by atoms with van der Waals surface area (Å²) in [6.07, 6.45) is 4.90. The van der Waals surface area contributed by atoms with Gasteiger partial charge in [-0.15, -0.1) is 0 Å². The highest BCUT2D eigenvalue weighted by Crippen LogP contribution is 2.27. The molecule has 1 aliphatic carbocycles. The van der Waals surface area contributed by atoms with Gasteiger partial charge in [0.05, 0.1) is 0 Å². The molecule has 0 aliphatic heterocycles. The maximum atomic E-state index is 8.89. The van der Waals surface area contributed by atoms with Crippen LogP contribution >= 0.6 is 0 Å². The first kappa shape index (κ1) is 12.9. The third kappa shape index (κ3) is 4.09. The molecule has 0 spiro atoms. The Morgan fingerprint density at radius 2 is 2.07 bits per heavy atom. The van der Waals surface area contributed by atoms with Gasteiger partial charge in [0, 0.05) is 25.7 Å². The lowest BCUT2D eigenvalue weighted by molar-refractivity contribution is 0.0778. The second-order valence-electron chi connectivity index (χ2n) is 5.50. The van der Waals surface area contributed by atoms with Gasteiger partial charge in [-0.05, 0) is 31.2 Å². The summed E-state index contributed by atoms with van der Waals surface area (Å²) in [5.74, 6) is 0. The maximum Gasteiger partial charge on any atom is 0.0443 e. The van der Waals surface area contributed by atoms with Gasteiger partial charge in [0.1, 0.15) is 0 Å². The number of aliphatic hydroxyl groups excluding tert-OH is 1. The van der Waals surface area contributed by atoms with Crippen molar-refractivity contribution < 1.29 is 5.11 Å². The molecule has 0 aromatic heterocycles. The van der Waals surface area contributed by atoms with Gasteiger partial charge in [0.25, 0.3) is 0 Å². The van der Waals surface area contributed by atoms with Gasteiger partial charge in [-0.3, -0.25) is 4.90 Å². The molecule has 0 amide bonds. The van der Waals surface area contributed by atoms with Gasteiger partial charge < -0.3 is 10.8 Å². The van der Waals surface area contributed by atoms with Crippen molar-refractivity contribution in [2.45, 2.75) is 45.6 Å². The molecule has 15 heavy (non-hydrogen) atoms. The molecule has 1 aliphatic rings. The lowest BCUT2D eigenvalue weighted by Crippen LogP contribution is -2.47. The lowest BCUT2D eigenvalue weighted by Gasteiger charge is -2.41. The normalized spacial score (nSPS) is 18.2. The van der Waals surface area contributed by atoms with Crippen molar-refractivity contribution in [2.75, 3.05) is 26.2 Å². The van der Waals surface area contributed by atoms with Crippen molar-refractivity contribution in [1.82, 2.24) is 4.90 Å². The zero-order chi connectivity index (χ0) is 11.3. The molecular formula is C12H26N2O. The van der Waals surface area contributed by atoms with Crippen molar-refractivity contribution in [2.24, 2.45) is 11.1 Å². The molecule has 3 nitrogen and oxygen atoms in total. The van der Waals surface area contributed by atoms with Crippen molar-refractivity contribution >= 4 is 0 Å². The van der Waals surface area contributed by atoms with E-state index in [0.717, 1.165) is 32.1 Å². The van der Waals surface area contributed by atoms with Crippen LogP contribution in [0, 0.1) is 5.41 Å². The van der Waals surface area contributed by atoms with Crippen LogP contribution in [-0.2, 0) is 0 Å². The summed E-state index contributed by atoms with van der Waals surface area (Å²) < 4.78 is 0. The van der Waals surface area contributed by atoms with E-state index >= 15 is 0 Å². The van der Waals surface area contributed by atoms with Crippen LogP contribution in [0.3, 0.4) is 0 Å². The van der Waals surface area contributed by atoms with Crippen LogP contribution in [0.5, 0.6) is 0 Å². The molecule has 1 saturated carbocycles. The molecule has 1 fully saturated rings. The molecule has 0 radical (unpaired) electrons. The third-order valence-electron chi connectivity index (χ3n) is 3.38. The smallest absolute Gasteiger partial charge is 0.0443 e. The molecule has 3 heteroatoms. The Kier molecular flexibility index (Phi) is 5.03. The molecule has 0 bridgehead atoms. The van der Waals surface area contributed by atoms with Crippen molar-refractivity contribution in [3.8, 4) is 0 Å². The first-order valence-electron chi connectivity index (χ1n) is 6.14. The van der Waals surface area contributed by atoms with E-state index in [0.29, 0.717) is 6.61 Å². The molecular weight excluding hydrogens is 188 g/mol. The Bertz CT molecular complexity index is 178. The van der Waals surface area contributed by atoms with Gasteiger partial charge in [0.2, 0.25) is 0 Å². The predicted molar refractivity (Wildman–Crippen MR) is 63.8 cm³/mol. The van der Waals surface area contributed by atoms with E-state index in [1.54, 1.807) is 0 Å². The zero-order valence-electron chi connectivity index (χ0n) is 10.2. The Labute approximate surface area is 93.6 Å². The fraction of sp³-hybridized carbons (Fsp3) is 1.00. The molecule has 0 aromatic carbocycles. The number of hydrogen-bond acceptors (Lipinski definition) is 3. The number of aliphatic hydroxyl groups is 1. The lowest BCUT2D eigenvalue weighted by atomic mass is 9.87. The number of rotatable bonds is 7. The largest absolute Gasteiger partial charge is 0.396 e. The molecule has 0 unspecified atom stereocenters. The molecule has 0 heterocycles. The van der Waals surface area contributed by atoms with E-state index in [1.165, 1.54) is 19.3 Å². The highest BCUT2D eigenvalue weighted by molar-refractivity contribution is 4.84. The van der Waals surface area contributed by atoms with Crippen LogP contribution in [-0.4, -0.2) is 42.3 Å². The summed E-state index contributed by atoms with van der Waals surface area (Å²) in [7, 11) is 0. The minimum absolute atomic E-state index is 0.199. The van der Waals surface area contributed by atoms with Crippen LogP contribution in [0.25, 0.3) is 0 Å². The summed E-state index contributed by atoms with van der Waals surface area (Å²) in [5.41, 5.74) is 5.97. The Balaban J connectivity index is 2.40. The standard InChI is InChI=1S/C12H26N2O/c1-12(2,9-13)10-14(7-4-8-15)11-5-3-6-11/h11,15H,3-10,13H2,1-2H3. The summed E-state index contributed by atoms with van der Waals surface area (Å²) in [6.45, 7) is 7.55. The highest BCUT2D eigenvalue weighted by Gasteiger charge is 2.28. The first-order valence-corrected chi connectivity index (χ1v) is 6.14. The monoisotopic (exact) mass is 214 g/mol. The topological polar surface area (TPSA) is 49.5 Å². The summed E-state index contributed by atoms with van der Waals surface area (Å²) in [4.78, 5) is 2.52. The quantitative estimate of drug-likeness (QED) is 0.669. The second-order valence-corrected chi connectivity index (χ2v) is 5.50. The number of nitrogens with zero attached hydrogens (tertiary/aromatic N) is 1. The molecule has 0 saturated heterocycles. The fourth-order valence-electron chi connectivity index (χ4n) is 2.03. The maximum absolute atomic E-state index is 8.89. The van der Waals surface area contributed by atoms with Crippen LogP contribution in [0.1, 0.15) is 39.5 Å². The molecule has 0 atom stereocenters. The Hall–Kier alpha value is -0.120. The average molecular weight is 214 g/mol. The Morgan fingerprint density at radius 1 is 1.40 bits per heavy atom. The number of nitrogens with two attached hydrogens (primary N) is 1. The molecule has 90 valence electrons.